The second-order valence-corrected chi connectivity index (χ2v) is 8.67. The van der Waals surface area contributed by atoms with Gasteiger partial charge in [-0.05, 0) is 41.6 Å². The van der Waals surface area contributed by atoms with Gasteiger partial charge in [-0.3, -0.25) is 19.7 Å². The molecule has 35 heavy (non-hydrogen) atoms. The van der Waals surface area contributed by atoms with Crippen LogP contribution in [0.25, 0.3) is 0 Å². The molecule has 1 N–H and O–H groups in total. The Morgan fingerprint density at radius 2 is 1.86 bits per heavy atom. The molecule has 1 aromatic heterocycles. The highest BCUT2D eigenvalue weighted by Gasteiger charge is 2.45. The van der Waals surface area contributed by atoms with Gasteiger partial charge in [0.05, 0.1) is 41.2 Å². The number of hydrogen-bond acceptors (Lipinski definition) is 8. The fraction of sp³-hybridized carbons (Fsp3) is 0.200. The molecule has 2 heterocycles. The third-order valence-corrected chi connectivity index (χ3v) is 6.68. The van der Waals surface area contributed by atoms with Crippen LogP contribution in [0.3, 0.4) is 0 Å². The van der Waals surface area contributed by atoms with E-state index in [0.717, 1.165) is 16.9 Å². The number of ether oxygens (including phenoxy) is 2. The van der Waals surface area contributed by atoms with E-state index in [1.165, 1.54) is 37.3 Å². The minimum Gasteiger partial charge on any atom is -0.503 e. The summed E-state index contributed by atoms with van der Waals surface area (Å²) in [5.74, 6) is -0.924. The first-order chi connectivity index (χ1) is 16.9. The van der Waals surface area contributed by atoms with Gasteiger partial charge in [0, 0.05) is 12.6 Å². The zero-order chi connectivity index (χ0) is 25.1. The molecule has 0 radical (unpaired) electrons. The first-order valence-corrected chi connectivity index (χ1v) is 11.5. The van der Waals surface area contributed by atoms with Gasteiger partial charge in [-0.2, -0.15) is 0 Å². The molecular formula is C25H22N2O7S. The Balaban J connectivity index is 1.74. The highest BCUT2D eigenvalue weighted by Crippen LogP contribution is 2.42. The lowest BCUT2D eigenvalue weighted by Crippen LogP contribution is -2.33. The van der Waals surface area contributed by atoms with Crippen LogP contribution in [-0.2, 0) is 11.2 Å². The number of para-hydroxylation sites is 1. The van der Waals surface area contributed by atoms with Crippen molar-refractivity contribution in [3.8, 4) is 11.5 Å². The quantitative estimate of drug-likeness (QED) is 0.264. The number of nitrogens with zero attached hydrogens (tertiary/aromatic N) is 2. The summed E-state index contributed by atoms with van der Waals surface area (Å²) in [5, 5.41) is 24.3. The molecule has 1 amide bonds. The number of carbonyl (C=O) groups excluding carboxylic acids is 2. The SMILES string of the molecule is COc1ccc(CCN2C(=O)C(O)=C(C(=O)c3cccs3)C2c2ccccc2[N+](=O)[O-])cc1OC. The van der Waals surface area contributed by atoms with E-state index in [1.54, 1.807) is 35.7 Å². The Kier molecular flexibility index (Phi) is 6.83. The number of aliphatic hydroxyl groups excluding tert-OH is 1. The number of aliphatic hydroxyl groups is 1. The molecule has 1 atom stereocenters. The molecule has 0 aliphatic carbocycles. The van der Waals surface area contributed by atoms with Crippen LogP contribution in [0.1, 0.15) is 26.8 Å². The summed E-state index contributed by atoms with van der Waals surface area (Å²) in [5.41, 5.74) is 0.558. The largest absolute Gasteiger partial charge is 0.503 e. The molecule has 2 aromatic carbocycles. The van der Waals surface area contributed by atoms with Crippen molar-refractivity contribution < 1.29 is 29.1 Å². The maximum absolute atomic E-state index is 13.3. The number of nitro groups is 1. The summed E-state index contributed by atoms with van der Waals surface area (Å²) in [6.45, 7) is 0.0936. The number of nitro benzene ring substituents is 1. The number of rotatable bonds is 9. The summed E-state index contributed by atoms with van der Waals surface area (Å²) in [4.78, 5) is 39.3. The topological polar surface area (TPSA) is 119 Å². The summed E-state index contributed by atoms with van der Waals surface area (Å²) in [6.07, 6.45) is 0.344. The number of Topliss-reactive ketones (excluding diaryl/α,β-unsaturated/α-hetero) is 1. The van der Waals surface area contributed by atoms with Gasteiger partial charge in [0.25, 0.3) is 11.6 Å². The van der Waals surface area contributed by atoms with Crippen molar-refractivity contribution in [1.82, 2.24) is 4.90 Å². The number of carbonyl (C=O) groups is 2. The standard InChI is InChI=1S/C25H22N2O7S/c1-33-18-10-9-15(14-19(18)34-2)11-12-26-22(16-6-3-4-7-17(16)27(31)32)21(24(29)25(26)30)23(28)20-8-5-13-35-20/h3-10,13-14,22,29H,11-12H2,1-2H3. The van der Waals surface area contributed by atoms with Gasteiger partial charge in [0.15, 0.2) is 17.3 Å². The third-order valence-electron chi connectivity index (χ3n) is 5.81. The highest BCUT2D eigenvalue weighted by atomic mass is 32.1. The maximum atomic E-state index is 13.3. The van der Waals surface area contributed by atoms with Gasteiger partial charge in [-0.25, -0.2) is 0 Å². The molecule has 3 aromatic rings. The van der Waals surface area contributed by atoms with Crippen LogP contribution >= 0.6 is 11.3 Å². The van der Waals surface area contributed by atoms with E-state index in [0.29, 0.717) is 22.8 Å². The average Bonchev–Trinajstić information content (AvgIpc) is 3.49. The molecule has 1 aliphatic heterocycles. The lowest BCUT2D eigenvalue weighted by atomic mass is 9.94. The average molecular weight is 495 g/mol. The predicted octanol–water partition coefficient (Wildman–Crippen LogP) is 4.49. The van der Waals surface area contributed by atoms with E-state index in [2.05, 4.69) is 0 Å². The Morgan fingerprint density at radius 3 is 2.51 bits per heavy atom. The molecule has 4 rings (SSSR count). The van der Waals surface area contributed by atoms with Gasteiger partial charge in [0.1, 0.15) is 0 Å². The smallest absolute Gasteiger partial charge is 0.290 e. The summed E-state index contributed by atoms with van der Waals surface area (Å²) in [6, 6.07) is 13.4. The summed E-state index contributed by atoms with van der Waals surface area (Å²) < 4.78 is 10.6. The van der Waals surface area contributed by atoms with E-state index in [9.17, 15) is 24.8 Å². The van der Waals surface area contributed by atoms with Gasteiger partial charge in [0.2, 0.25) is 5.78 Å². The van der Waals surface area contributed by atoms with E-state index in [-0.39, 0.29) is 23.4 Å². The molecule has 1 aliphatic rings. The number of hydrogen-bond donors (Lipinski definition) is 1. The normalized spacial score (nSPS) is 15.4. The Labute approximate surface area is 205 Å². The molecule has 0 spiro atoms. The van der Waals surface area contributed by atoms with Crippen LogP contribution in [0.15, 0.2) is 71.3 Å². The zero-order valence-electron chi connectivity index (χ0n) is 19.0. The molecule has 0 saturated heterocycles. The fourth-order valence-electron chi connectivity index (χ4n) is 4.15. The van der Waals surface area contributed by atoms with Crippen molar-refractivity contribution in [2.24, 2.45) is 0 Å². The van der Waals surface area contributed by atoms with E-state index < -0.39 is 28.4 Å². The van der Waals surface area contributed by atoms with Crippen molar-refractivity contribution in [2.75, 3.05) is 20.8 Å². The van der Waals surface area contributed by atoms with Crippen LogP contribution in [0.4, 0.5) is 5.69 Å². The maximum Gasteiger partial charge on any atom is 0.290 e. The molecule has 180 valence electrons. The predicted molar refractivity (Wildman–Crippen MR) is 129 cm³/mol. The van der Waals surface area contributed by atoms with Crippen molar-refractivity contribution in [3.05, 3.63) is 97.4 Å². The first kappa shape index (κ1) is 24.0. The molecule has 1 unspecified atom stereocenters. The Morgan fingerprint density at radius 1 is 1.11 bits per heavy atom. The minimum absolute atomic E-state index is 0.0936. The second-order valence-electron chi connectivity index (χ2n) is 7.73. The fourth-order valence-corrected chi connectivity index (χ4v) is 4.83. The van der Waals surface area contributed by atoms with E-state index in [1.807, 2.05) is 6.07 Å². The number of thiophene rings is 1. The molecule has 0 saturated carbocycles. The van der Waals surface area contributed by atoms with Crippen LogP contribution in [0.5, 0.6) is 11.5 Å². The summed E-state index contributed by atoms with van der Waals surface area (Å²) >= 11 is 1.16. The Hall–Kier alpha value is -4.18. The van der Waals surface area contributed by atoms with Crippen LogP contribution in [0, 0.1) is 10.1 Å². The number of methoxy groups -OCH3 is 2. The van der Waals surface area contributed by atoms with Crippen molar-refractivity contribution in [1.29, 1.82) is 0 Å². The first-order valence-electron chi connectivity index (χ1n) is 10.6. The van der Waals surface area contributed by atoms with Crippen molar-refractivity contribution in [2.45, 2.75) is 12.5 Å². The van der Waals surface area contributed by atoms with Crippen molar-refractivity contribution >= 4 is 28.7 Å². The third kappa shape index (κ3) is 4.47. The monoisotopic (exact) mass is 494 g/mol. The molecule has 0 fully saturated rings. The van der Waals surface area contributed by atoms with E-state index in [4.69, 9.17) is 9.47 Å². The van der Waals surface area contributed by atoms with Crippen LogP contribution < -0.4 is 9.47 Å². The molecule has 9 nitrogen and oxygen atoms in total. The molecule has 0 bridgehead atoms. The highest BCUT2D eigenvalue weighted by molar-refractivity contribution is 7.12. The minimum atomic E-state index is -1.11. The molecule has 10 heteroatoms. The molecular weight excluding hydrogens is 472 g/mol. The number of amides is 1. The Bertz CT molecular complexity index is 1320. The van der Waals surface area contributed by atoms with Gasteiger partial charge < -0.3 is 19.5 Å². The lowest BCUT2D eigenvalue weighted by molar-refractivity contribution is -0.385. The van der Waals surface area contributed by atoms with Crippen molar-refractivity contribution in [3.63, 3.8) is 0 Å². The number of benzene rings is 2. The van der Waals surface area contributed by atoms with Crippen LogP contribution in [-0.4, -0.2) is 47.4 Å². The van der Waals surface area contributed by atoms with E-state index >= 15 is 0 Å². The van der Waals surface area contributed by atoms with Gasteiger partial charge in [-0.1, -0.05) is 24.3 Å². The van der Waals surface area contributed by atoms with Crippen LogP contribution in [0.2, 0.25) is 0 Å². The second kappa shape index (κ2) is 9.98. The van der Waals surface area contributed by atoms with Gasteiger partial charge >= 0.3 is 0 Å². The summed E-state index contributed by atoms with van der Waals surface area (Å²) in [7, 11) is 3.04. The number of ketones is 1. The van der Waals surface area contributed by atoms with Gasteiger partial charge in [-0.15, -0.1) is 11.3 Å². The lowest BCUT2D eigenvalue weighted by Gasteiger charge is -2.26. The zero-order valence-corrected chi connectivity index (χ0v) is 19.8.